The van der Waals surface area contributed by atoms with Gasteiger partial charge in [0.15, 0.2) is 0 Å². The molecule has 0 saturated heterocycles. The second-order valence-corrected chi connectivity index (χ2v) is 6.15. The van der Waals surface area contributed by atoms with Crippen LogP contribution in [0.3, 0.4) is 0 Å². The molecule has 1 fully saturated rings. The molecular formula is C15H23NOS. The number of thioether (sulfide) groups is 1. The third-order valence-corrected chi connectivity index (χ3v) is 4.88. The summed E-state index contributed by atoms with van der Waals surface area (Å²) in [5.74, 6) is 2.67. The van der Waals surface area contributed by atoms with Crippen LogP contribution in [0.15, 0.2) is 29.2 Å². The van der Waals surface area contributed by atoms with Crippen LogP contribution < -0.4 is 10.5 Å². The molecule has 0 aliphatic heterocycles. The summed E-state index contributed by atoms with van der Waals surface area (Å²) in [6.07, 6.45) is 6.76. The van der Waals surface area contributed by atoms with Gasteiger partial charge in [-0.05, 0) is 37.0 Å². The van der Waals surface area contributed by atoms with E-state index >= 15 is 0 Å². The molecule has 0 radical (unpaired) electrons. The van der Waals surface area contributed by atoms with Crippen LogP contribution in [0.4, 0.5) is 0 Å². The fourth-order valence-corrected chi connectivity index (χ4v) is 3.61. The molecule has 1 saturated carbocycles. The van der Waals surface area contributed by atoms with Crippen molar-refractivity contribution in [1.29, 1.82) is 0 Å². The molecule has 0 spiro atoms. The van der Waals surface area contributed by atoms with Crippen molar-refractivity contribution in [3.8, 4) is 5.75 Å². The van der Waals surface area contributed by atoms with E-state index in [2.05, 4.69) is 12.1 Å². The predicted octanol–water partition coefficient (Wildman–Crippen LogP) is 3.69. The van der Waals surface area contributed by atoms with Crippen molar-refractivity contribution in [3.63, 3.8) is 0 Å². The Labute approximate surface area is 114 Å². The quantitative estimate of drug-likeness (QED) is 0.825. The van der Waals surface area contributed by atoms with Crippen LogP contribution in [0, 0.1) is 5.92 Å². The first kappa shape index (κ1) is 13.8. The average Bonchev–Trinajstić information content (AvgIpc) is 2.46. The van der Waals surface area contributed by atoms with E-state index in [0.717, 1.165) is 17.4 Å². The largest absolute Gasteiger partial charge is 0.497 e. The first-order chi connectivity index (χ1) is 8.79. The maximum absolute atomic E-state index is 6.31. The molecule has 0 amide bonds. The number of methoxy groups -OCH3 is 1. The fourth-order valence-electron chi connectivity index (χ4n) is 2.58. The highest BCUT2D eigenvalue weighted by molar-refractivity contribution is 7.99. The zero-order chi connectivity index (χ0) is 12.8. The molecule has 1 aromatic carbocycles. The van der Waals surface area contributed by atoms with Gasteiger partial charge in [0.25, 0.3) is 0 Å². The normalized spacial score (nSPS) is 18.6. The molecule has 1 aliphatic rings. The van der Waals surface area contributed by atoms with Gasteiger partial charge in [0.1, 0.15) is 5.75 Å². The summed E-state index contributed by atoms with van der Waals surface area (Å²) in [4.78, 5) is 1.25. The third kappa shape index (κ3) is 3.92. The molecular weight excluding hydrogens is 242 g/mol. The van der Waals surface area contributed by atoms with Crippen LogP contribution in [0.5, 0.6) is 5.75 Å². The van der Waals surface area contributed by atoms with E-state index in [1.807, 2.05) is 23.9 Å². The summed E-state index contributed by atoms with van der Waals surface area (Å²) in [5.41, 5.74) is 6.31. The molecule has 1 aliphatic carbocycles. The van der Waals surface area contributed by atoms with Crippen molar-refractivity contribution < 1.29 is 4.74 Å². The molecule has 3 heteroatoms. The lowest BCUT2D eigenvalue weighted by Gasteiger charge is -2.27. The summed E-state index contributed by atoms with van der Waals surface area (Å²) >= 11 is 1.85. The van der Waals surface area contributed by atoms with E-state index in [-0.39, 0.29) is 0 Å². The SMILES string of the molecule is COc1cccc(SCC(N)C2CCCCC2)c1. The standard InChI is InChI=1S/C15H23NOS/c1-17-13-8-5-9-14(10-13)18-11-15(16)12-6-3-2-4-7-12/h5,8-10,12,15H,2-4,6-7,11,16H2,1H3. The van der Waals surface area contributed by atoms with Crippen LogP contribution in [-0.4, -0.2) is 18.9 Å². The van der Waals surface area contributed by atoms with Gasteiger partial charge in [-0.25, -0.2) is 0 Å². The van der Waals surface area contributed by atoms with Crippen molar-refractivity contribution in [2.24, 2.45) is 11.7 Å². The Morgan fingerprint density at radius 3 is 2.83 bits per heavy atom. The van der Waals surface area contributed by atoms with Gasteiger partial charge in [-0.1, -0.05) is 25.3 Å². The molecule has 0 heterocycles. The molecule has 18 heavy (non-hydrogen) atoms. The highest BCUT2D eigenvalue weighted by Gasteiger charge is 2.20. The van der Waals surface area contributed by atoms with Gasteiger partial charge in [-0.15, -0.1) is 11.8 Å². The minimum Gasteiger partial charge on any atom is -0.497 e. The first-order valence-corrected chi connectivity index (χ1v) is 7.80. The summed E-state index contributed by atoms with van der Waals surface area (Å²) in [5, 5.41) is 0. The van der Waals surface area contributed by atoms with Gasteiger partial charge in [0, 0.05) is 16.7 Å². The Morgan fingerprint density at radius 1 is 1.33 bits per heavy atom. The topological polar surface area (TPSA) is 35.2 Å². The number of nitrogens with two attached hydrogens (primary N) is 1. The second kappa shape index (κ2) is 7.05. The Bertz CT molecular complexity index is 363. The number of benzene rings is 1. The summed E-state index contributed by atoms with van der Waals surface area (Å²) < 4.78 is 5.23. The van der Waals surface area contributed by atoms with Gasteiger partial charge >= 0.3 is 0 Å². The number of hydrogen-bond donors (Lipinski definition) is 1. The smallest absolute Gasteiger partial charge is 0.119 e. The maximum Gasteiger partial charge on any atom is 0.119 e. The van der Waals surface area contributed by atoms with Gasteiger partial charge in [-0.2, -0.15) is 0 Å². The molecule has 0 aromatic heterocycles. The maximum atomic E-state index is 6.31. The Hall–Kier alpha value is -0.670. The lowest BCUT2D eigenvalue weighted by atomic mass is 9.85. The van der Waals surface area contributed by atoms with E-state index in [4.69, 9.17) is 10.5 Å². The van der Waals surface area contributed by atoms with E-state index < -0.39 is 0 Å². The molecule has 1 unspecified atom stereocenters. The lowest BCUT2D eigenvalue weighted by Crippen LogP contribution is -2.33. The second-order valence-electron chi connectivity index (χ2n) is 5.05. The van der Waals surface area contributed by atoms with Crippen molar-refractivity contribution in [2.75, 3.05) is 12.9 Å². The zero-order valence-corrected chi connectivity index (χ0v) is 11.9. The van der Waals surface area contributed by atoms with Gasteiger partial charge in [-0.3, -0.25) is 0 Å². The molecule has 2 N–H and O–H groups in total. The minimum atomic E-state index is 0.335. The zero-order valence-electron chi connectivity index (χ0n) is 11.1. The predicted molar refractivity (Wildman–Crippen MR) is 78.3 cm³/mol. The van der Waals surface area contributed by atoms with Crippen LogP contribution in [-0.2, 0) is 0 Å². The van der Waals surface area contributed by atoms with Crippen molar-refractivity contribution >= 4 is 11.8 Å². The van der Waals surface area contributed by atoms with Crippen molar-refractivity contribution in [1.82, 2.24) is 0 Å². The molecule has 0 bridgehead atoms. The van der Waals surface area contributed by atoms with Crippen LogP contribution >= 0.6 is 11.8 Å². The summed E-state index contributed by atoms with van der Waals surface area (Å²) in [6, 6.07) is 8.55. The first-order valence-electron chi connectivity index (χ1n) is 6.82. The number of hydrogen-bond acceptors (Lipinski definition) is 3. The lowest BCUT2D eigenvalue weighted by molar-refractivity contribution is 0.319. The molecule has 1 aromatic rings. The van der Waals surface area contributed by atoms with Gasteiger partial charge < -0.3 is 10.5 Å². The van der Waals surface area contributed by atoms with Gasteiger partial charge in [0.2, 0.25) is 0 Å². The number of ether oxygens (including phenoxy) is 1. The van der Waals surface area contributed by atoms with E-state index in [0.29, 0.717) is 6.04 Å². The molecule has 100 valence electrons. The molecule has 2 nitrogen and oxygen atoms in total. The summed E-state index contributed by atoms with van der Waals surface area (Å²) in [6.45, 7) is 0. The number of rotatable bonds is 5. The van der Waals surface area contributed by atoms with Crippen molar-refractivity contribution in [3.05, 3.63) is 24.3 Å². The Kier molecular flexibility index (Phi) is 5.39. The van der Waals surface area contributed by atoms with Crippen LogP contribution in [0.2, 0.25) is 0 Å². The fraction of sp³-hybridized carbons (Fsp3) is 0.600. The van der Waals surface area contributed by atoms with E-state index in [1.54, 1.807) is 7.11 Å². The Morgan fingerprint density at radius 2 is 2.11 bits per heavy atom. The van der Waals surface area contributed by atoms with Crippen LogP contribution in [0.25, 0.3) is 0 Å². The highest BCUT2D eigenvalue weighted by atomic mass is 32.2. The van der Waals surface area contributed by atoms with E-state index in [9.17, 15) is 0 Å². The monoisotopic (exact) mass is 265 g/mol. The highest BCUT2D eigenvalue weighted by Crippen LogP contribution is 2.29. The van der Waals surface area contributed by atoms with E-state index in [1.165, 1.54) is 37.0 Å². The molecule has 2 rings (SSSR count). The molecule has 1 atom stereocenters. The average molecular weight is 265 g/mol. The van der Waals surface area contributed by atoms with Crippen molar-refractivity contribution in [2.45, 2.75) is 43.0 Å². The Balaban J connectivity index is 1.82. The third-order valence-electron chi connectivity index (χ3n) is 3.74. The van der Waals surface area contributed by atoms with Crippen LogP contribution in [0.1, 0.15) is 32.1 Å². The van der Waals surface area contributed by atoms with Gasteiger partial charge in [0.05, 0.1) is 7.11 Å². The summed E-state index contributed by atoms with van der Waals surface area (Å²) in [7, 11) is 1.71. The minimum absolute atomic E-state index is 0.335.